The molecule has 3 heteroatoms. The molecule has 0 fully saturated rings. The number of hydrogen-bond acceptors (Lipinski definition) is 2. The Kier molecular flexibility index (Phi) is 2.23. The van der Waals surface area contributed by atoms with Gasteiger partial charge in [0.1, 0.15) is 11.7 Å². The fourth-order valence-corrected chi connectivity index (χ4v) is 1.58. The smallest absolute Gasteiger partial charge is 0.130 e. The van der Waals surface area contributed by atoms with E-state index in [4.69, 9.17) is 0 Å². The van der Waals surface area contributed by atoms with Crippen molar-refractivity contribution in [3.63, 3.8) is 0 Å². The Morgan fingerprint density at radius 1 is 1.43 bits per heavy atom. The van der Waals surface area contributed by atoms with Gasteiger partial charge < -0.3 is 4.90 Å². The molecule has 0 radical (unpaired) electrons. The second-order valence-electron chi connectivity index (χ2n) is 3.59. The maximum atomic E-state index is 13.3. The number of halogens is 1. The summed E-state index contributed by atoms with van der Waals surface area (Å²) in [5.74, 6) is 0.731. The summed E-state index contributed by atoms with van der Waals surface area (Å²) in [5.41, 5.74) is 1.54. The van der Waals surface area contributed by atoms with E-state index in [1.165, 1.54) is 0 Å². The molecule has 1 aliphatic rings. The van der Waals surface area contributed by atoms with Gasteiger partial charge in [-0.1, -0.05) is 12.1 Å². The van der Waals surface area contributed by atoms with Crippen molar-refractivity contribution in [3.8, 4) is 0 Å². The topological polar surface area (TPSA) is 15.6 Å². The molecule has 0 saturated carbocycles. The van der Waals surface area contributed by atoms with Gasteiger partial charge in [-0.2, -0.15) is 0 Å². The predicted molar refractivity (Wildman–Crippen MR) is 55.2 cm³/mol. The first kappa shape index (κ1) is 9.19. The maximum Gasteiger partial charge on any atom is 0.130 e. The normalized spacial score (nSPS) is 15.9. The van der Waals surface area contributed by atoms with Crippen molar-refractivity contribution in [2.45, 2.75) is 6.92 Å². The molecule has 1 aromatic carbocycles. The van der Waals surface area contributed by atoms with Crippen LogP contribution < -0.4 is 0 Å². The van der Waals surface area contributed by atoms with Crippen LogP contribution in [-0.4, -0.2) is 30.9 Å². The van der Waals surface area contributed by atoms with Crippen molar-refractivity contribution in [2.75, 3.05) is 20.1 Å². The molecule has 0 saturated heterocycles. The van der Waals surface area contributed by atoms with E-state index >= 15 is 0 Å². The summed E-state index contributed by atoms with van der Waals surface area (Å²) < 4.78 is 13.3. The van der Waals surface area contributed by atoms with Gasteiger partial charge >= 0.3 is 0 Å². The Labute approximate surface area is 83.1 Å². The number of benzene rings is 1. The molecule has 74 valence electrons. The van der Waals surface area contributed by atoms with E-state index in [1.54, 1.807) is 19.1 Å². The fourth-order valence-electron chi connectivity index (χ4n) is 1.58. The predicted octanol–water partition coefficient (Wildman–Crippen LogP) is 1.83. The van der Waals surface area contributed by atoms with Crippen LogP contribution in [0.4, 0.5) is 4.39 Å². The van der Waals surface area contributed by atoms with Crippen molar-refractivity contribution >= 4 is 5.84 Å². The summed E-state index contributed by atoms with van der Waals surface area (Å²) in [7, 11) is 1.98. The Balaban J connectivity index is 2.37. The van der Waals surface area contributed by atoms with Gasteiger partial charge in [0.25, 0.3) is 0 Å². The molecule has 0 aromatic heterocycles. The zero-order valence-electron chi connectivity index (χ0n) is 8.42. The monoisotopic (exact) mass is 192 g/mol. The van der Waals surface area contributed by atoms with Crippen molar-refractivity contribution < 1.29 is 4.39 Å². The molecule has 1 aromatic rings. The Morgan fingerprint density at radius 2 is 2.21 bits per heavy atom. The molecule has 0 amide bonds. The molecule has 0 bridgehead atoms. The minimum atomic E-state index is -0.162. The lowest BCUT2D eigenvalue weighted by Crippen LogP contribution is -2.23. The lowest BCUT2D eigenvalue weighted by atomic mass is 10.1. The van der Waals surface area contributed by atoms with Gasteiger partial charge in [-0.05, 0) is 18.6 Å². The highest BCUT2D eigenvalue weighted by Gasteiger charge is 2.14. The lowest BCUT2D eigenvalue weighted by molar-refractivity contribution is 0.556. The number of amidine groups is 1. The second kappa shape index (κ2) is 3.40. The van der Waals surface area contributed by atoms with Crippen LogP contribution in [-0.2, 0) is 0 Å². The van der Waals surface area contributed by atoms with Gasteiger partial charge in [-0.15, -0.1) is 0 Å². The van der Waals surface area contributed by atoms with Gasteiger partial charge in [0.05, 0.1) is 6.54 Å². The third-order valence-electron chi connectivity index (χ3n) is 2.49. The SMILES string of the molecule is Cc1ccc(C2=NCCN2C)cc1F. The molecule has 1 heterocycles. The molecule has 2 rings (SSSR count). The minimum Gasteiger partial charge on any atom is -0.358 e. The average molecular weight is 192 g/mol. The molecule has 1 aliphatic heterocycles. The Hall–Kier alpha value is -1.38. The quantitative estimate of drug-likeness (QED) is 0.662. The Morgan fingerprint density at radius 3 is 2.79 bits per heavy atom. The summed E-state index contributed by atoms with van der Waals surface area (Å²) in [6.07, 6.45) is 0. The summed E-state index contributed by atoms with van der Waals surface area (Å²) >= 11 is 0. The van der Waals surface area contributed by atoms with Crippen LogP contribution in [0.2, 0.25) is 0 Å². The lowest BCUT2D eigenvalue weighted by Gasteiger charge is -2.13. The third-order valence-corrected chi connectivity index (χ3v) is 2.49. The van der Waals surface area contributed by atoms with E-state index in [1.807, 2.05) is 18.0 Å². The first-order chi connectivity index (χ1) is 6.68. The van der Waals surface area contributed by atoms with Crippen LogP contribution in [0.25, 0.3) is 0 Å². The molecule has 0 atom stereocenters. The highest BCUT2D eigenvalue weighted by atomic mass is 19.1. The third kappa shape index (κ3) is 1.50. The summed E-state index contributed by atoms with van der Waals surface area (Å²) in [5, 5.41) is 0. The van der Waals surface area contributed by atoms with Gasteiger partial charge in [0.15, 0.2) is 0 Å². The van der Waals surface area contributed by atoms with Crippen LogP contribution in [0.3, 0.4) is 0 Å². The van der Waals surface area contributed by atoms with E-state index in [0.717, 1.165) is 24.5 Å². The Bertz CT molecular complexity index is 385. The van der Waals surface area contributed by atoms with E-state index in [0.29, 0.717) is 5.56 Å². The number of aliphatic imine (C=N–C) groups is 1. The standard InChI is InChI=1S/C11H13FN2/c1-8-3-4-9(7-10(8)12)11-13-5-6-14(11)2/h3-4,7H,5-6H2,1-2H3. The van der Waals surface area contributed by atoms with Crippen LogP contribution in [0, 0.1) is 12.7 Å². The van der Waals surface area contributed by atoms with Gasteiger partial charge in [0, 0.05) is 19.2 Å². The highest BCUT2D eigenvalue weighted by Crippen LogP contribution is 2.13. The van der Waals surface area contributed by atoms with Crippen molar-refractivity contribution in [2.24, 2.45) is 4.99 Å². The molecule has 0 aliphatic carbocycles. The first-order valence-corrected chi connectivity index (χ1v) is 4.70. The first-order valence-electron chi connectivity index (χ1n) is 4.70. The summed E-state index contributed by atoms with van der Waals surface area (Å²) in [6, 6.07) is 5.26. The molecule has 14 heavy (non-hydrogen) atoms. The zero-order chi connectivity index (χ0) is 10.1. The van der Waals surface area contributed by atoms with Gasteiger partial charge in [-0.25, -0.2) is 4.39 Å². The van der Waals surface area contributed by atoms with E-state index in [9.17, 15) is 4.39 Å². The molecule has 0 spiro atoms. The van der Waals surface area contributed by atoms with Crippen LogP contribution >= 0.6 is 0 Å². The van der Waals surface area contributed by atoms with Gasteiger partial charge in [-0.3, -0.25) is 4.99 Å². The molecular formula is C11H13FN2. The highest BCUT2D eigenvalue weighted by molar-refractivity contribution is 5.99. The minimum absolute atomic E-state index is 0.162. The molecule has 0 unspecified atom stereocenters. The van der Waals surface area contributed by atoms with E-state index in [-0.39, 0.29) is 5.82 Å². The molecule has 0 N–H and O–H groups in total. The molecular weight excluding hydrogens is 179 g/mol. The number of rotatable bonds is 1. The maximum absolute atomic E-state index is 13.3. The van der Waals surface area contributed by atoms with Crippen molar-refractivity contribution in [1.82, 2.24) is 4.90 Å². The number of aryl methyl sites for hydroxylation is 1. The van der Waals surface area contributed by atoms with Crippen LogP contribution in [0.15, 0.2) is 23.2 Å². The number of nitrogens with zero attached hydrogens (tertiary/aromatic N) is 2. The zero-order valence-corrected chi connectivity index (χ0v) is 8.42. The van der Waals surface area contributed by atoms with Gasteiger partial charge in [0.2, 0.25) is 0 Å². The van der Waals surface area contributed by atoms with Crippen LogP contribution in [0.1, 0.15) is 11.1 Å². The van der Waals surface area contributed by atoms with Crippen molar-refractivity contribution in [1.29, 1.82) is 0 Å². The largest absolute Gasteiger partial charge is 0.358 e. The van der Waals surface area contributed by atoms with Crippen molar-refractivity contribution in [3.05, 3.63) is 35.1 Å². The van der Waals surface area contributed by atoms with E-state index < -0.39 is 0 Å². The van der Waals surface area contributed by atoms with Crippen LogP contribution in [0.5, 0.6) is 0 Å². The summed E-state index contributed by atoms with van der Waals surface area (Å²) in [6.45, 7) is 3.49. The van der Waals surface area contributed by atoms with E-state index in [2.05, 4.69) is 4.99 Å². The average Bonchev–Trinajstić information content (AvgIpc) is 2.57. The number of likely N-dealkylation sites (N-methyl/N-ethyl adjacent to an activating group) is 1. The number of hydrogen-bond donors (Lipinski definition) is 0. The summed E-state index contributed by atoms with van der Waals surface area (Å²) in [4.78, 5) is 6.38. The fraction of sp³-hybridized carbons (Fsp3) is 0.364. The second-order valence-corrected chi connectivity index (χ2v) is 3.59. The molecule has 2 nitrogen and oxygen atoms in total.